The third kappa shape index (κ3) is 6.11. The predicted molar refractivity (Wildman–Crippen MR) is 156 cm³/mol. The lowest BCUT2D eigenvalue weighted by molar-refractivity contribution is -0.125. The fourth-order valence-electron chi connectivity index (χ4n) is 5.15. The van der Waals surface area contributed by atoms with E-state index in [1.807, 2.05) is 47.8 Å². The monoisotopic (exact) mass is 575 g/mol. The molecule has 41 heavy (non-hydrogen) atoms. The van der Waals surface area contributed by atoms with Gasteiger partial charge in [-0.05, 0) is 53.9 Å². The third-order valence-corrected chi connectivity index (χ3v) is 7.77. The molecule has 0 spiro atoms. The molecular weight excluding hydrogens is 545 g/mol. The molecule has 1 N–H and O–H groups in total. The second-order valence-electron chi connectivity index (χ2n) is 10.1. The molecule has 0 saturated heterocycles. The third-order valence-electron chi connectivity index (χ3n) is 7.47. The lowest BCUT2D eigenvalue weighted by Gasteiger charge is -2.22. The van der Waals surface area contributed by atoms with Gasteiger partial charge in [0.25, 0.3) is 0 Å². The summed E-state index contributed by atoms with van der Waals surface area (Å²) in [6, 6.07) is 18.8. The number of imidazole rings is 1. The molecule has 10 heteroatoms. The van der Waals surface area contributed by atoms with Gasteiger partial charge in [-0.2, -0.15) is 0 Å². The van der Waals surface area contributed by atoms with E-state index in [1.54, 1.807) is 18.3 Å². The molecule has 4 aromatic rings. The molecule has 0 radical (unpaired) electrons. The van der Waals surface area contributed by atoms with Crippen molar-refractivity contribution in [1.29, 1.82) is 0 Å². The van der Waals surface area contributed by atoms with Gasteiger partial charge in [0.2, 0.25) is 12.3 Å². The number of carbonyl (C=O) groups excluding carboxylic acids is 2. The van der Waals surface area contributed by atoms with Crippen molar-refractivity contribution in [3.63, 3.8) is 0 Å². The Morgan fingerprint density at radius 3 is 2.73 bits per heavy atom. The number of amides is 2. The summed E-state index contributed by atoms with van der Waals surface area (Å²) in [7, 11) is 3.85. The van der Waals surface area contributed by atoms with Gasteiger partial charge in [0, 0.05) is 51.8 Å². The number of halogens is 2. The number of para-hydroxylation sites is 1. The van der Waals surface area contributed by atoms with E-state index in [0.717, 1.165) is 35.9 Å². The number of anilines is 1. The minimum atomic E-state index is -0.501. The van der Waals surface area contributed by atoms with Crippen LogP contribution in [0.4, 0.5) is 10.2 Å². The second-order valence-corrected chi connectivity index (χ2v) is 10.6. The highest BCUT2D eigenvalue weighted by Gasteiger charge is 2.27. The van der Waals surface area contributed by atoms with Crippen LogP contribution in [0.15, 0.2) is 66.9 Å². The number of nitrogens with zero attached hydrogens (tertiary/aromatic N) is 4. The first-order chi connectivity index (χ1) is 19.7. The smallest absolute Gasteiger partial charge is 0.228 e. The Morgan fingerprint density at radius 2 is 2.00 bits per heavy atom. The molecule has 3 aromatic carbocycles. The van der Waals surface area contributed by atoms with Crippen LogP contribution in [0.25, 0.3) is 11.4 Å². The van der Waals surface area contributed by atoms with E-state index in [1.165, 1.54) is 17.2 Å². The van der Waals surface area contributed by atoms with Crippen molar-refractivity contribution in [2.45, 2.75) is 32.5 Å². The lowest BCUT2D eigenvalue weighted by Crippen LogP contribution is -2.28. The first-order valence-electron chi connectivity index (χ1n) is 13.3. The number of rotatable bonds is 10. The van der Waals surface area contributed by atoms with Gasteiger partial charge in [-0.3, -0.25) is 19.8 Å². The summed E-state index contributed by atoms with van der Waals surface area (Å²) < 4.78 is 21.8. The van der Waals surface area contributed by atoms with Gasteiger partial charge in [-0.1, -0.05) is 41.9 Å². The molecule has 2 amide bonds. The summed E-state index contributed by atoms with van der Waals surface area (Å²) in [5.74, 6) is 1.44. The fraction of sp³-hybridized carbons (Fsp3) is 0.258. The molecule has 0 aliphatic carbocycles. The van der Waals surface area contributed by atoms with Crippen LogP contribution in [0.5, 0.6) is 11.5 Å². The molecule has 5 rings (SSSR count). The highest BCUT2D eigenvalue weighted by molar-refractivity contribution is 6.32. The number of aromatic nitrogens is 2. The molecule has 2 heterocycles. The van der Waals surface area contributed by atoms with Crippen LogP contribution in [0.2, 0.25) is 5.02 Å². The highest BCUT2D eigenvalue weighted by atomic mass is 35.5. The van der Waals surface area contributed by atoms with E-state index in [-0.39, 0.29) is 29.1 Å². The summed E-state index contributed by atoms with van der Waals surface area (Å²) in [5, 5.41) is 2.39. The number of hydrogen-bond donors (Lipinski definition) is 1. The van der Waals surface area contributed by atoms with Crippen molar-refractivity contribution in [3.05, 3.63) is 94.4 Å². The minimum Gasteiger partial charge on any atom is -0.453 e. The zero-order valence-electron chi connectivity index (χ0n) is 23.1. The van der Waals surface area contributed by atoms with Gasteiger partial charge in [0.05, 0.1) is 11.2 Å². The fourth-order valence-corrected chi connectivity index (χ4v) is 5.35. The summed E-state index contributed by atoms with van der Waals surface area (Å²) in [6.45, 7) is 4.24. The minimum absolute atomic E-state index is 0.0230. The van der Waals surface area contributed by atoms with Crippen LogP contribution < -0.4 is 15.0 Å². The summed E-state index contributed by atoms with van der Waals surface area (Å²) >= 11 is 6.09. The molecule has 0 saturated carbocycles. The maximum Gasteiger partial charge on any atom is 0.228 e. The number of imide groups is 1. The number of hydrogen-bond acceptors (Lipinski definition) is 6. The molecule has 212 valence electrons. The topological polar surface area (TPSA) is 79.7 Å². The van der Waals surface area contributed by atoms with Crippen LogP contribution >= 0.6 is 11.6 Å². The Kier molecular flexibility index (Phi) is 8.37. The van der Waals surface area contributed by atoms with Gasteiger partial charge in [0.1, 0.15) is 17.4 Å². The number of fused-ring (bicyclic) bond motifs is 1. The van der Waals surface area contributed by atoms with Crippen LogP contribution in [0.3, 0.4) is 0 Å². The molecule has 1 aromatic heterocycles. The molecule has 1 aliphatic heterocycles. The van der Waals surface area contributed by atoms with E-state index in [2.05, 4.69) is 40.3 Å². The first kappa shape index (κ1) is 28.3. The van der Waals surface area contributed by atoms with E-state index < -0.39 is 5.82 Å². The first-order valence-corrected chi connectivity index (χ1v) is 13.7. The quantitative estimate of drug-likeness (QED) is 0.239. The van der Waals surface area contributed by atoms with Gasteiger partial charge in [0.15, 0.2) is 11.6 Å². The largest absolute Gasteiger partial charge is 0.453 e. The van der Waals surface area contributed by atoms with Crippen molar-refractivity contribution in [2.75, 3.05) is 18.5 Å². The average Bonchev–Trinajstić information content (AvgIpc) is 3.49. The van der Waals surface area contributed by atoms with Crippen molar-refractivity contribution in [1.82, 2.24) is 19.8 Å². The Hall–Kier alpha value is -4.21. The van der Waals surface area contributed by atoms with Gasteiger partial charge < -0.3 is 14.2 Å². The number of benzene rings is 3. The Morgan fingerprint density at radius 1 is 1.22 bits per heavy atom. The predicted octanol–water partition coefficient (Wildman–Crippen LogP) is 5.85. The Bertz CT molecular complexity index is 1550. The molecule has 1 atom stereocenters. The van der Waals surface area contributed by atoms with Crippen molar-refractivity contribution in [3.8, 4) is 22.9 Å². The lowest BCUT2D eigenvalue weighted by atomic mass is 10.0. The maximum atomic E-state index is 14.1. The standard InChI is InChI=1S/C31H31ClFN5O3/c1-20-25-15-22(31-34-16-29(37(31)3)36(2)14-13-28(40)35-19-39)9-10-23(25)18-38(20)17-21-7-11-24(12-8-21)41-30-26(32)5-4-6-27(30)33/h4-12,15-16,19-20H,13-14,17-18H2,1-3H3,(H,35,39,40). The highest BCUT2D eigenvalue weighted by Crippen LogP contribution is 2.38. The van der Waals surface area contributed by atoms with Crippen LogP contribution in [0.1, 0.15) is 36.1 Å². The Labute approximate surface area is 243 Å². The maximum absolute atomic E-state index is 14.1. The molecular formula is C31H31ClFN5O3. The number of carbonyl (C=O) groups is 2. The van der Waals surface area contributed by atoms with E-state index in [4.69, 9.17) is 16.3 Å². The van der Waals surface area contributed by atoms with Gasteiger partial charge in [-0.15, -0.1) is 0 Å². The van der Waals surface area contributed by atoms with E-state index in [0.29, 0.717) is 18.7 Å². The molecule has 1 aliphatic rings. The summed E-state index contributed by atoms with van der Waals surface area (Å²) in [6.07, 6.45) is 2.40. The second kappa shape index (κ2) is 12.1. The zero-order chi connectivity index (χ0) is 29.1. The normalized spacial score (nSPS) is 14.5. The molecule has 8 nitrogen and oxygen atoms in total. The summed E-state index contributed by atoms with van der Waals surface area (Å²) in [4.78, 5) is 31.1. The zero-order valence-corrected chi connectivity index (χ0v) is 23.9. The number of ether oxygens (including phenoxy) is 1. The Balaban J connectivity index is 1.25. The molecule has 1 unspecified atom stereocenters. The van der Waals surface area contributed by atoms with Crippen molar-refractivity contribution >= 4 is 29.7 Å². The van der Waals surface area contributed by atoms with Crippen LogP contribution in [0, 0.1) is 5.82 Å². The van der Waals surface area contributed by atoms with Crippen LogP contribution in [-0.2, 0) is 29.7 Å². The van der Waals surface area contributed by atoms with Gasteiger partial charge >= 0.3 is 0 Å². The van der Waals surface area contributed by atoms with Gasteiger partial charge in [-0.25, -0.2) is 9.37 Å². The SMILES string of the molecule is CC1c2cc(-c3ncc(N(C)CCC(=O)NC=O)n3C)ccc2CN1Cc1ccc(Oc2c(F)cccc2Cl)cc1. The number of nitrogens with one attached hydrogen (secondary N) is 1. The summed E-state index contributed by atoms with van der Waals surface area (Å²) in [5.41, 5.74) is 4.69. The molecule has 0 bridgehead atoms. The van der Waals surface area contributed by atoms with E-state index in [9.17, 15) is 14.0 Å². The van der Waals surface area contributed by atoms with Crippen molar-refractivity contribution < 1.29 is 18.7 Å². The average molecular weight is 576 g/mol. The van der Waals surface area contributed by atoms with Crippen LogP contribution in [-0.4, -0.2) is 40.4 Å². The van der Waals surface area contributed by atoms with Crippen molar-refractivity contribution in [2.24, 2.45) is 7.05 Å². The molecule has 0 fully saturated rings. The van der Waals surface area contributed by atoms with E-state index >= 15 is 0 Å².